The van der Waals surface area contributed by atoms with Gasteiger partial charge in [-0.15, -0.1) is 0 Å². The molecule has 55 heavy (non-hydrogen) atoms. The second kappa shape index (κ2) is 15.1. The number of amides is 2. The highest BCUT2D eigenvalue weighted by atomic mass is 16.6. The number of cyclic esters (lactones) is 1. The standard InChI is InChI=1S/C39H47N5O11/c1-10-39(53-34(49)30(20(2)3)43-32(47)27(16-29(45)46)42-36(51)54-37(4,5)6)25-15-28-31-23(18-44(28)33(48)24(25)19-52-35(39)50)22(17-40-55-38(7,8)9)21-13-11-12-14-26(21)41-31/h11-15,17,20,27,30H,10,16,18-19H2,1-9H3,(H,42,51)(H,43,47)(H,45,46)/t27-,30-,39-/m0/s1. The molecule has 0 saturated heterocycles. The van der Waals surface area contributed by atoms with Crippen LogP contribution in [0.5, 0.6) is 0 Å². The summed E-state index contributed by atoms with van der Waals surface area (Å²) in [7, 11) is 0. The fraction of sp³-hybridized carbons (Fsp3) is 0.487. The summed E-state index contributed by atoms with van der Waals surface area (Å²) in [4.78, 5) is 90.1. The van der Waals surface area contributed by atoms with E-state index < -0.39 is 76.7 Å². The summed E-state index contributed by atoms with van der Waals surface area (Å²) in [5.41, 5.74) is -0.952. The monoisotopic (exact) mass is 761 g/mol. The van der Waals surface area contributed by atoms with Crippen LogP contribution in [0.1, 0.15) is 97.4 Å². The molecular formula is C39H47N5O11. The number of carbonyl (C=O) groups is 5. The van der Waals surface area contributed by atoms with Gasteiger partial charge in [-0.05, 0) is 66.0 Å². The Morgan fingerprint density at radius 2 is 1.75 bits per heavy atom. The first-order valence-corrected chi connectivity index (χ1v) is 18.0. The summed E-state index contributed by atoms with van der Waals surface area (Å²) in [5.74, 6) is -5.01. The molecular weight excluding hydrogens is 714 g/mol. The van der Waals surface area contributed by atoms with Crippen LogP contribution in [0.15, 0.2) is 40.3 Å². The van der Waals surface area contributed by atoms with Crippen LogP contribution < -0.4 is 16.2 Å². The first-order chi connectivity index (χ1) is 25.7. The highest BCUT2D eigenvalue weighted by Gasteiger charge is 2.51. The molecule has 2 amide bonds. The Labute approximate surface area is 317 Å². The van der Waals surface area contributed by atoms with Crippen LogP contribution in [0.2, 0.25) is 0 Å². The van der Waals surface area contributed by atoms with E-state index in [0.717, 1.165) is 5.39 Å². The summed E-state index contributed by atoms with van der Waals surface area (Å²) in [6.45, 7) is 14.9. The van der Waals surface area contributed by atoms with Crippen molar-refractivity contribution in [3.05, 3.63) is 62.9 Å². The number of esters is 2. The minimum atomic E-state index is -2.10. The molecule has 0 bridgehead atoms. The van der Waals surface area contributed by atoms with Crippen molar-refractivity contribution in [3.8, 4) is 11.4 Å². The number of aromatic nitrogens is 2. The number of rotatable bonds is 11. The lowest BCUT2D eigenvalue weighted by Crippen LogP contribution is -2.56. The zero-order valence-electron chi connectivity index (χ0n) is 32.4. The number of carboxylic acid groups (broad SMARTS) is 1. The van der Waals surface area contributed by atoms with E-state index in [-0.39, 0.29) is 30.7 Å². The zero-order valence-corrected chi connectivity index (χ0v) is 32.4. The third-order valence-corrected chi connectivity index (χ3v) is 8.99. The van der Waals surface area contributed by atoms with Crippen LogP contribution >= 0.6 is 0 Å². The number of nitrogens with zero attached hydrogens (tertiary/aromatic N) is 3. The number of hydrogen-bond acceptors (Lipinski definition) is 12. The molecule has 2 aromatic heterocycles. The van der Waals surface area contributed by atoms with Crippen molar-refractivity contribution in [3.63, 3.8) is 0 Å². The van der Waals surface area contributed by atoms with Crippen LogP contribution in [-0.2, 0) is 57.0 Å². The van der Waals surface area contributed by atoms with E-state index in [2.05, 4.69) is 15.8 Å². The lowest BCUT2D eigenvalue weighted by Gasteiger charge is -2.37. The highest BCUT2D eigenvalue weighted by molar-refractivity contribution is 6.02. The van der Waals surface area contributed by atoms with Gasteiger partial charge in [-0.1, -0.05) is 44.1 Å². The number of aliphatic carboxylic acids is 1. The van der Waals surface area contributed by atoms with E-state index in [4.69, 9.17) is 24.0 Å². The molecule has 5 rings (SSSR count). The topological polar surface area (TPSA) is 214 Å². The Bertz CT molecular complexity index is 2140. The van der Waals surface area contributed by atoms with Crippen molar-refractivity contribution in [1.82, 2.24) is 20.2 Å². The van der Waals surface area contributed by atoms with Gasteiger partial charge in [0.2, 0.25) is 11.5 Å². The molecule has 0 aliphatic carbocycles. The number of nitrogens with one attached hydrogen (secondary N) is 2. The number of oxime groups is 1. The lowest BCUT2D eigenvalue weighted by molar-refractivity contribution is -0.191. The molecule has 16 heteroatoms. The summed E-state index contributed by atoms with van der Waals surface area (Å²) in [6, 6.07) is 6.00. The molecule has 0 fully saturated rings. The molecule has 0 saturated carbocycles. The maximum atomic E-state index is 14.2. The van der Waals surface area contributed by atoms with Crippen molar-refractivity contribution in [2.24, 2.45) is 11.1 Å². The predicted molar refractivity (Wildman–Crippen MR) is 199 cm³/mol. The number of alkyl carbamates (subject to hydrolysis) is 1. The summed E-state index contributed by atoms with van der Waals surface area (Å²) in [5, 5.41) is 19.2. The average molecular weight is 762 g/mol. The molecule has 3 aromatic rings. The van der Waals surface area contributed by atoms with Crippen LogP contribution in [0.3, 0.4) is 0 Å². The fourth-order valence-electron chi connectivity index (χ4n) is 6.42. The molecule has 16 nitrogen and oxygen atoms in total. The van der Waals surface area contributed by atoms with Gasteiger partial charge in [-0.2, -0.15) is 0 Å². The van der Waals surface area contributed by atoms with Gasteiger partial charge in [-0.25, -0.2) is 19.4 Å². The maximum absolute atomic E-state index is 14.2. The van der Waals surface area contributed by atoms with E-state index >= 15 is 0 Å². The van der Waals surface area contributed by atoms with Gasteiger partial charge < -0.3 is 39.4 Å². The molecule has 0 unspecified atom stereocenters. The fourth-order valence-corrected chi connectivity index (χ4v) is 6.42. The van der Waals surface area contributed by atoms with Gasteiger partial charge >= 0.3 is 24.0 Å². The van der Waals surface area contributed by atoms with Crippen molar-refractivity contribution in [1.29, 1.82) is 0 Å². The van der Waals surface area contributed by atoms with Crippen LogP contribution in [-0.4, -0.2) is 74.1 Å². The number of hydrogen-bond donors (Lipinski definition) is 3. The molecule has 294 valence electrons. The van der Waals surface area contributed by atoms with Gasteiger partial charge in [0.15, 0.2) is 0 Å². The third kappa shape index (κ3) is 8.47. The quantitative estimate of drug-likeness (QED) is 0.0845. The number of pyridine rings is 2. The number of carboxylic acids is 1. The molecule has 3 atom stereocenters. The largest absolute Gasteiger partial charge is 0.481 e. The molecule has 1 aromatic carbocycles. The number of fused-ring (bicyclic) bond motifs is 5. The number of ether oxygens (including phenoxy) is 3. The SMILES string of the molecule is CC[C@@]1(OC(=O)[C@@H](NC(=O)[C@H](CC(=O)O)NC(=O)OC(C)(C)C)C(C)C)C(=O)OCc2c1cc1n(c2=O)Cc2c-1nc1ccccc1c2C=NOC(C)(C)C. The Balaban J connectivity index is 1.53. The summed E-state index contributed by atoms with van der Waals surface area (Å²) < 4.78 is 18.2. The summed E-state index contributed by atoms with van der Waals surface area (Å²) in [6.07, 6.45) is -0.404. The normalized spacial score (nSPS) is 17.5. The van der Waals surface area contributed by atoms with Gasteiger partial charge in [0.05, 0.1) is 41.6 Å². The van der Waals surface area contributed by atoms with E-state index in [9.17, 15) is 33.9 Å². The Morgan fingerprint density at radius 1 is 1.05 bits per heavy atom. The third-order valence-electron chi connectivity index (χ3n) is 8.99. The minimum Gasteiger partial charge on any atom is -0.481 e. The molecule has 3 N–H and O–H groups in total. The smallest absolute Gasteiger partial charge is 0.408 e. The van der Waals surface area contributed by atoms with Crippen LogP contribution in [0.4, 0.5) is 4.79 Å². The average Bonchev–Trinajstić information content (AvgIpc) is 3.44. The Kier molecular flexibility index (Phi) is 11.1. The van der Waals surface area contributed by atoms with Crippen LogP contribution in [0.25, 0.3) is 22.3 Å². The van der Waals surface area contributed by atoms with Crippen molar-refractivity contribution in [2.75, 3.05) is 0 Å². The molecule has 0 spiro atoms. The minimum absolute atomic E-state index is 0.106. The maximum Gasteiger partial charge on any atom is 0.408 e. The Morgan fingerprint density at radius 3 is 2.36 bits per heavy atom. The summed E-state index contributed by atoms with van der Waals surface area (Å²) >= 11 is 0. The zero-order chi connectivity index (χ0) is 40.6. The van der Waals surface area contributed by atoms with Gasteiger partial charge in [-0.3, -0.25) is 14.4 Å². The number of benzene rings is 1. The van der Waals surface area contributed by atoms with Crippen LogP contribution in [0, 0.1) is 5.92 Å². The lowest BCUT2D eigenvalue weighted by atomic mass is 9.85. The highest BCUT2D eigenvalue weighted by Crippen LogP contribution is 2.42. The second-order valence-corrected chi connectivity index (χ2v) is 15.8. The van der Waals surface area contributed by atoms with Crippen molar-refractivity contribution >= 4 is 47.0 Å². The molecule has 4 heterocycles. The predicted octanol–water partition coefficient (Wildman–Crippen LogP) is 4.29. The number of para-hydroxylation sites is 1. The van der Waals surface area contributed by atoms with Gasteiger partial charge in [0.1, 0.15) is 29.9 Å². The van der Waals surface area contributed by atoms with E-state index in [0.29, 0.717) is 28.0 Å². The van der Waals surface area contributed by atoms with Crippen molar-refractivity contribution in [2.45, 2.75) is 117 Å². The first kappa shape index (κ1) is 40.4. The molecule has 2 aliphatic heterocycles. The van der Waals surface area contributed by atoms with Gasteiger partial charge in [0.25, 0.3) is 5.56 Å². The van der Waals surface area contributed by atoms with Crippen molar-refractivity contribution < 1.29 is 48.1 Å². The number of carbonyl (C=O) groups excluding carboxylic acids is 4. The molecule has 0 radical (unpaired) electrons. The van der Waals surface area contributed by atoms with E-state index in [1.165, 1.54) is 4.57 Å². The second-order valence-electron chi connectivity index (χ2n) is 15.8. The van der Waals surface area contributed by atoms with Gasteiger partial charge in [0, 0.05) is 22.1 Å². The Hall–Kier alpha value is -5.80. The van der Waals surface area contributed by atoms with E-state index in [1.807, 2.05) is 45.0 Å². The molecule has 2 aliphatic rings. The first-order valence-electron chi connectivity index (χ1n) is 18.0. The van der Waals surface area contributed by atoms with E-state index in [1.54, 1.807) is 53.8 Å².